The van der Waals surface area contributed by atoms with Crippen LogP contribution in [-0.2, 0) is 9.53 Å². The van der Waals surface area contributed by atoms with Crippen molar-refractivity contribution in [1.29, 1.82) is 0 Å². The maximum absolute atomic E-state index is 10.9. The Morgan fingerprint density at radius 1 is 1.15 bits per heavy atom. The smallest absolute Gasteiger partial charge is 0.306 e. The molecule has 0 aromatic carbocycles. The highest BCUT2D eigenvalue weighted by molar-refractivity contribution is 5.71. The fourth-order valence-electron chi connectivity index (χ4n) is 2.41. The van der Waals surface area contributed by atoms with E-state index in [0.717, 1.165) is 25.7 Å². The number of esters is 1. The van der Waals surface area contributed by atoms with Gasteiger partial charge in [-0.3, -0.25) is 4.79 Å². The molecule has 0 aromatic heterocycles. The number of hydrogen-bond donors (Lipinski definition) is 1. The number of carbonyl (C=O) groups is 1. The molecule has 0 radical (unpaired) electrons. The van der Waals surface area contributed by atoms with Gasteiger partial charge in [-0.05, 0) is 31.6 Å². The first kappa shape index (κ1) is 9.00. The van der Waals surface area contributed by atoms with Gasteiger partial charge in [0.1, 0.15) is 0 Å². The first-order valence-electron chi connectivity index (χ1n) is 5.09. The maximum atomic E-state index is 10.9. The summed E-state index contributed by atoms with van der Waals surface area (Å²) >= 11 is 0. The van der Waals surface area contributed by atoms with Gasteiger partial charge in [-0.15, -0.1) is 0 Å². The molecule has 0 spiro atoms. The topological polar surface area (TPSA) is 46.5 Å². The van der Waals surface area contributed by atoms with Crippen LogP contribution in [0.3, 0.4) is 0 Å². The van der Waals surface area contributed by atoms with Crippen molar-refractivity contribution in [3.63, 3.8) is 0 Å². The van der Waals surface area contributed by atoms with Crippen LogP contribution in [0.5, 0.6) is 0 Å². The zero-order chi connectivity index (χ0) is 9.26. The lowest BCUT2D eigenvalue weighted by Gasteiger charge is -2.28. The Balaban J connectivity index is 1.84. The lowest BCUT2D eigenvalue weighted by atomic mass is 9.79. The van der Waals surface area contributed by atoms with Gasteiger partial charge in [0.2, 0.25) is 0 Å². The lowest BCUT2D eigenvalue weighted by molar-refractivity contribution is -0.137. The predicted molar refractivity (Wildman–Crippen MR) is 47.0 cm³/mol. The number of ether oxygens (including phenoxy) is 1. The fraction of sp³-hybridized carbons (Fsp3) is 0.900. The Morgan fingerprint density at radius 3 is 2.38 bits per heavy atom. The molecule has 1 atom stereocenters. The Kier molecular flexibility index (Phi) is 2.54. The van der Waals surface area contributed by atoms with Gasteiger partial charge in [0.25, 0.3) is 0 Å². The number of cyclic esters (lactones) is 1. The second-order valence-corrected chi connectivity index (χ2v) is 4.22. The number of aliphatic hydroxyl groups is 1. The van der Waals surface area contributed by atoms with E-state index in [1.807, 2.05) is 0 Å². The van der Waals surface area contributed by atoms with Crippen LogP contribution in [0.1, 0.15) is 32.1 Å². The fourth-order valence-corrected chi connectivity index (χ4v) is 2.41. The van der Waals surface area contributed by atoms with E-state index in [9.17, 15) is 9.90 Å². The van der Waals surface area contributed by atoms with E-state index >= 15 is 0 Å². The molecule has 0 amide bonds. The van der Waals surface area contributed by atoms with Crippen LogP contribution in [0, 0.1) is 11.8 Å². The summed E-state index contributed by atoms with van der Waals surface area (Å²) in [5, 5.41) is 9.32. The van der Waals surface area contributed by atoms with E-state index in [0.29, 0.717) is 24.9 Å². The largest absolute Gasteiger partial charge is 0.465 e. The molecular formula is C10H16O3. The molecule has 0 aromatic rings. The molecular weight excluding hydrogens is 168 g/mol. The number of rotatable bonds is 1. The first-order chi connectivity index (χ1) is 6.25. The van der Waals surface area contributed by atoms with Crippen LogP contribution >= 0.6 is 0 Å². The van der Waals surface area contributed by atoms with Crippen LogP contribution in [0.4, 0.5) is 0 Å². The second-order valence-electron chi connectivity index (χ2n) is 4.22. The molecule has 1 unspecified atom stereocenters. The molecule has 3 heteroatoms. The second kappa shape index (κ2) is 3.66. The van der Waals surface area contributed by atoms with Gasteiger partial charge in [-0.2, -0.15) is 0 Å². The quantitative estimate of drug-likeness (QED) is 0.621. The summed E-state index contributed by atoms with van der Waals surface area (Å²) in [5.74, 6) is 0.992. The molecule has 3 nitrogen and oxygen atoms in total. The third kappa shape index (κ3) is 2.02. The highest BCUT2D eigenvalue weighted by atomic mass is 16.5. The molecule has 2 rings (SSSR count). The minimum absolute atomic E-state index is 0.0453. The Morgan fingerprint density at radius 2 is 1.85 bits per heavy atom. The molecule has 1 N–H and O–H groups in total. The summed E-state index contributed by atoms with van der Waals surface area (Å²) in [6.07, 6.45) is 4.41. The van der Waals surface area contributed by atoms with Crippen molar-refractivity contribution in [3.8, 4) is 0 Å². The number of aliphatic hydroxyl groups excluding tert-OH is 1. The Hall–Kier alpha value is -0.570. The van der Waals surface area contributed by atoms with Gasteiger partial charge in [-0.1, -0.05) is 0 Å². The first-order valence-corrected chi connectivity index (χ1v) is 5.09. The van der Waals surface area contributed by atoms with Crippen molar-refractivity contribution in [3.05, 3.63) is 0 Å². The molecule has 1 aliphatic carbocycles. The molecule has 1 saturated heterocycles. The zero-order valence-electron chi connectivity index (χ0n) is 7.74. The van der Waals surface area contributed by atoms with Crippen LogP contribution in [0.15, 0.2) is 0 Å². The summed E-state index contributed by atoms with van der Waals surface area (Å²) < 4.78 is 4.94. The van der Waals surface area contributed by atoms with E-state index in [2.05, 4.69) is 0 Å². The summed E-state index contributed by atoms with van der Waals surface area (Å²) in [5.41, 5.74) is 0. The Bertz CT molecular complexity index is 194. The van der Waals surface area contributed by atoms with E-state index in [1.54, 1.807) is 0 Å². The Labute approximate surface area is 78.1 Å². The van der Waals surface area contributed by atoms with E-state index in [-0.39, 0.29) is 12.1 Å². The van der Waals surface area contributed by atoms with E-state index in [1.165, 1.54) is 0 Å². The molecule has 2 fully saturated rings. The highest BCUT2D eigenvalue weighted by Crippen LogP contribution is 2.34. The van der Waals surface area contributed by atoms with Crippen molar-refractivity contribution >= 4 is 5.97 Å². The van der Waals surface area contributed by atoms with Crippen LogP contribution in [0.2, 0.25) is 0 Å². The third-order valence-corrected chi connectivity index (χ3v) is 3.30. The molecule has 0 bridgehead atoms. The minimum Gasteiger partial charge on any atom is -0.465 e. The molecule has 1 aliphatic heterocycles. The van der Waals surface area contributed by atoms with E-state index in [4.69, 9.17) is 4.74 Å². The number of carbonyl (C=O) groups excluding carboxylic acids is 1. The SMILES string of the molecule is O=C1CC(C2CCC(O)CC2)CO1. The molecule has 74 valence electrons. The normalized spacial score (nSPS) is 40.4. The summed E-state index contributed by atoms with van der Waals surface area (Å²) in [4.78, 5) is 10.9. The molecule has 13 heavy (non-hydrogen) atoms. The van der Waals surface area contributed by atoms with Gasteiger partial charge in [0, 0.05) is 5.92 Å². The average molecular weight is 184 g/mol. The van der Waals surface area contributed by atoms with Gasteiger partial charge >= 0.3 is 5.97 Å². The standard InChI is InChI=1S/C10H16O3/c11-9-3-1-7(2-4-9)8-5-10(12)13-6-8/h7-9,11H,1-6H2. The average Bonchev–Trinajstić information content (AvgIpc) is 2.53. The number of hydrogen-bond acceptors (Lipinski definition) is 3. The zero-order valence-corrected chi connectivity index (χ0v) is 7.74. The molecule has 2 aliphatic rings. The minimum atomic E-state index is -0.103. The van der Waals surface area contributed by atoms with Crippen LogP contribution in [-0.4, -0.2) is 23.8 Å². The van der Waals surface area contributed by atoms with Crippen molar-refractivity contribution in [2.24, 2.45) is 11.8 Å². The monoisotopic (exact) mass is 184 g/mol. The summed E-state index contributed by atoms with van der Waals surface area (Å²) in [6, 6.07) is 0. The predicted octanol–water partition coefficient (Wildman–Crippen LogP) is 1.10. The van der Waals surface area contributed by atoms with Gasteiger partial charge < -0.3 is 9.84 Å². The van der Waals surface area contributed by atoms with E-state index < -0.39 is 0 Å². The van der Waals surface area contributed by atoms with Gasteiger partial charge in [0.05, 0.1) is 19.1 Å². The van der Waals surface area contributed by atoms with Gasteiger partial charge in [0.15, 0.2) is 0 Å². The third-order valence-electron chi connectivity index (χ3n) is 3.30. The molecule has 1 heterocycles. The van der Waals surface area contributed by atoms with Crippen molar-refractivity contribution < 1.29 is 14.6 Å². The maximum Gasteiger partial charge on any atom is 0.306 e. The highest BCUT2D eigenvalue weighted by Gasteiger charge is 2.33. The van der Waals surface area contributed by atoms with Crippen LogP contribution in [0.25, 0.3) is 0 Å². The van der Waals surface area contributed by atoms with Crippen molar-refractivity contribution in [1.82, 2.24) is 0 Å². The lowest BCUT2D eigenvalue weighted by Crippen LogP contribution is -2.24. The van der Waals surface area contributed by atoms with Gasteiger partial charge in [-0.25, -0.2) is 0 Å². The molecule has 1 saturated carbocycles. The summed E-state index contributed by atoms with van der Waals surface area (Å²) in [6.45, 7) is 0.611. The van der Waals surface area contributed by atoms with Crippen molar-refractivity contribution in [2.75, 3.05) is 6.61 Å². The van der Waals surface area contributed by atoms with Crippen molar-refractivity contribution in [2.45, 2.75) is 38.2 Å². The summed E-state index contributed by atoms with van der Waals surface area (Å²) in [7, 11) is 0. The van der Waals surface area contributed by atoms with Crippen LogP contribution < -0.4 is 0 Å².